The van der Waals surface area contributed by atoms with Crippen molar-refractivity contribution in [3.05, 3.63) is 93.6 Å². The molecule has 1 saturated carbocycles. The van der Waals surface area contributed by atoms with Crippen molar-refractivity contribution < 1.29 is 9.18 Å². The van der Waals surface area contributed by atoms with Crippen LogP contribution in [0.2, 0.25) is 5.02 Å². The average Bonchev–Trinajstić information content (AvgIpc) is 3.21. The van der Waals surface area contributed by atoms with Crippen LogP contribution in [0.3, 0.4) is 0 Å². The SMILES string of the molecule is Cc1ccc(-c2ccc(F)c(CN(C(=O)c3sc4ccccc4c3Cl)[C@H]3CC[C@H](C)CC3)c2)cc1. The van der Waals surface area contributed by atoms with Gasteiger partial charge in [0.15, 0.2) is 0 Å². The zero-order valence-corrected chi connectivity index (χ0v) is 21.6. The van der Waals surface area contributed by atoms with Gasteiger partial charge in [-0.25, -0.2) is 4.39 Å². The number of thiophene rings is 1. The standard InChI is InChI=1S/C30H29ClFNOS/c1-19-7-11-21(12-8-19)22-13-16-26(32)23(17-22)18-33(24-14-9-20(2)10-15-24)30(34)29-28(31)25-5-3-4-6-27(25)35-29/h3-8,11-13,16-17,20,24H,9-10,14-15,18H2,1-2H3/t20-,24-. The molecule has 0 atom stereocenters. The minimum Gasteiger partial charge on any atom is -0.330 e. The van der Waals surface area contributed by atoms with Crippen molar-refractivity contribution in [3.8, 4) is 11.1 Å². The van der Waals surface area contributed by atoms with Gasteiger partial charge in [0.25, 0.3) is 5.91 Å². The minimum absolute atomic E-state index is 0.0717. The van der Waals surface area contributed by atoms with E-state index in [1.807, 2.05) is 42.2 Å². The third-order valence-electron chi connectivity index (χ3n) is 7.19. The monoisotopic (exact) mass is 505 g/mol. The summed E-state index contributed by atoms with van der Waals surface area (Å²) in [5.74, 6) is 0.263. The number of amides is 1. The van der Waals surface area contributed by atoms with E-state index in [0.717, 1.165) is 46.9 Å². The van der Waals surface area contributed by atoms with E-state index in [1.165, 1.54) is 23.0 Å². The lowest BCUT2D eigenvalue weighted by molar-refractivity contribution is 0.0596. The number of hydrogen-bond donors (Lipinski definition) is 0. The van der Waals surface area contributed by atoms with Gasteiger partial charge in [0.05, 0.1) is 5.02 Å². The van der Waals surface area contributed by atoms with Crippen LogP contribution in [-0.2, 0) is 6.54 Å². The van der Waals surface area contributed by atoms with Gasteiger partial charge in [-0.2, -0.15) is 0 Å². The highest BCUT2D eigenvalue weighted by Gasteiger charge is 2.31. The fourth-order valence-corrected chi connectivity index (χ4v) is 6.48. The number of benzene rings is 3. The van der Waals surface area contributed by atoms with E-state index in [4.69, 9.17) is 11.6 Å². The summed E-state index contributed by atoms with van der Waals surface area (Å²) in [6.45, 7) is 4.54. The van der Waals surface area contributed by atoms with Gasteiger partial charge in [-0.15, -0.1) is 11.3 Å². The second-order valence-electron chi connectivity index (χ2n) is 9.76. The topological polar surface area (TPSA) is 20.3 Å². The van der Waals surface area contributed by atoms with Crippen molar-refractivity contribution in [3.63, 3.8) is 0 Å². The lowest BCUT2D eigenvalue weighted by Crippen LogP contribution is -2.41. The Morgan fingerprint density at radius 1 is 1.00 bits per heavy atom. The van der Waals surface area contributed by atoms with Crippen LogP contribution in [-0.4, -0.2) is 16.8 Å². The first-order valence-corrected chi connectivity index (χ1v) is 13.4. The van der Waals surface area contributed by atoms with Crippen LogP contribution in [0.1, 0.15) is 53.4 Å². The molecule has 35 heavy (non-hydrogen) atoms. The van der Waals surface area contributed by atoms with E-state index in [0.29, 0.717) is 21.4 Å². The van der Waals surface area contributed by atoms with Gasteiger partial charge in [0, 0.05) is 28.2 Å². The summed E-state index contributed by atoms with van der Waals surface area (Å²) in [5, 5.41) is 1.39. The van der Waals surface area contributed by atoms with Crippen molar-refractivity contribution in [1.29, 1.82) is 0 Å². The molecule has 1 aliphatic rings. The fraction of sp³-hybridized carbons (Fsp3) is 0.300. The minimum atomic E-state index is -0.287. The summed E-state index contributed by atoms with van der Waals surface area (Å²) in [6.07, 6.45) is 3.99. The van der Waals surface area contributed by atoms with Crippen LogP contribution in [0.15, 0.2) is 66.7 Å². The Balaban J connectivity index is 1.51. The predicted molar refractivity (Wildman–Crippen MR) is 145 cm³/mol. The number of nitrogens with zero attached hydrogens (tertiary/aromatic N) is 1. The van der Waals surface area contributed by atoms with Gasteiger partial charge in [-0.05, 0) is 67.9 Å². The number of rotatable bonds is 5. The Kier molecular flexibility index (Phi) is 6.95. The van der Waals surface area contributed by atoms with E-state index >= 15 is 4.39 Å². The Morgan fingerprint density at radius 2 is 1.69 bits per heavy atom. The van der Waals surface area contributed by atoms with Crippen LogP contribution >= 0.6 is 22.9 Å². The van der Waals surface area contributed by atoms with Crippen LogP contribution in [0, 0.1) is 18.7 Å². The molecule has 0 unspecified atom stereocenters. The smallest absolute Gasteiger partial charge is 0.266 e. The molecule has 4 aromatic rings. The molecule has 1 amide bonds. The third kappa shape index (κ3) is 5.00. The van der Waals surface area contributed by atoms with E-state index in [1.54, 1.807) is 6.07 Å². The van der Waals surface area contributed by atoms with E-state index in [9.17, 15) is 4.79 Å². The number of halogens is 2. The van der Waals surface area contributed by atoms with Crippen molar-refractivity contribution in [1.82, 2.24) is 4.90 Å². The highest BCUT2D eigenvalue weighted by molar-refractivity contribution is 7.21. The number of aryl methyl sites for hydroxylation is 1. The van der Waals surface area contributed by atoms with E-state index < -0.39 is 0 Å². The zero-order chi connectivity index (χ0) is 24.5. The van der Waals surface area contributed by atoms with Crippen LogP contribution in [0.25, 0.3) is 21.2 Å². The van der Waals surface area contributed by atoms with E-state index in [2.05, 4.69) is 31.2 Å². The molecule has 0 aliphatic heterocycles. The fourth-order valence-electron chi connectivity index (χ4n) is 5.01. The molecule has 1 heterocycles. The van der Waals surface area contributed by atoms with Crippen LogP contribution in [0.4, 0.5) is 4.39 Å². The van der Waals surface area contributed by atoms with E-state index in [-0.39, 0.29) is 24.3 Å². The summed E-state index contributed by atoms with van der Waals surface area (Å²) in [6, 6.07) is 21.3. The molecule has 0 saturated heterocycles. The van der Waals surface area contributed by atoms with Gasteiger partial charge >= 0.3 is 0 Å². The average molecular weight is 506 g/mol. The molecular weight excluding hydrogens is 477 g/mol. The number of carbonyl (C=O) groups is 1. The molecule has 0 N–H and O–H groups in total. The summed E-state index contributed by atoms with van der Waals surface area (Å²) < 4.78 is 16.1. The second-order valence-corrected chi connectivity index (χ2v) is 11.2. The molecule has 5 heteroatoms. The molecule has 3 aromatic carbocycles. The number of fused-ring (bicyclic) bond motifs is 1. The van der Waals surface area contributed by atoms with Crippen molar-refractivity contribution in [2.24, 2.45) is 5.92 Å². The summed E-state index contributed by atoms with van der Waals surface area (Å²) in [7, 11) is 0. The van der Waals surface area contributed by atoms with Crippen LogP contribution in [0.5, 0.6) is 0 Å². The lowest BCUT2D eigenvalue weighted by atomic mass is 9.86. The second kappa shape index (κ2) is 10.1. The third-order valence-corrected chi connectivity index (χ3v) is 8.85. The maximum Gasteiger partial charge on any atom is 0.266 e. The number of hydrogen-bond acceptors (Lipinski definition) is 2. The first kappa shape index (κ1) is 24.0. The number of carbonyl (C=O) groups excluding carboxylic acids is 1. The zero-order valence-electron chi connectivity index (χ0n) is 20.1. The van der Waals surface area contributed by atoms with Crippen molar-refractivity contribution in [2.75, 3.05) is 0 Å². The highest BCUT2D eigenvalue weighted by Crippen LogP contribution is 2.38. The lowest BCUT2D eigenvalue weighted by Gasteiger charge is -2.36. The molecule has 0 bridgehead atoms. The first-order chi connectivity index (χ1) is 16.9. The molecule has 0 radical (unpaired) electrons. The maximum atomic E-state index is 15.1. The Hall–Kier alpha value is -2.69. The van der Waals surface area contributed by atoms with Crippen molar-refractivity contribution >= 4 is 38.9 Å². The quantitative estimate of drug-likeness (QED) is 0.265. The Labute approximate surface area is 215 Å². The molecule has 5 rings (SSSR count). The summed E-state index contributed by atoms with van der Waals surface area (Å²) >= 11 is 8.12. The Morgan fingerprint density at radius 3 is 2.40 bits per heavy atom. The molecule has 1 aromatic heterocycles. The largest absolute Gasteiger partial charge is 0.330 e. The predicted octanol–water partition coefficient (Wildman–Crippen LogP) is 8.89. The van der Waals surface area contributed by atoms with Gasteiger partial charge in [0.2, 0.25) is 0 Å². The molecule has 1 aliphatic carbocycles. The molecule has 180 valence electrons. The summed E-state index contributed by atoms with van der Waals surface area (Å²) in [4.78, 5) is 16.4. The Bertz CT molecular complexity index is 1350. The van der Waals surface area contributed by atoms with Crippen molar-refractivity contribution in [2.45, 2.75) is 52.1 Å². The molecular formula is C30H29ClFNOS. The molecule has 1 fully saturated rings. The summed E-state index contributed by atoms with van der Waals surface area (Å²) in [5.41, 5.74) is 3.70. The highest BCUT2D eigenvalue weighted by atomic mass is 35.5. The maximum absolute atomic E-state index is 15.1. The molecule has 0 spiro atoms. The van der Waals surface area contributed by atoms with Gasteiger partial charge < -0.3 is 4.90 Å². The van der Waals surface area contributed by atoms with Gasteiger partial charge in [-0.1, -0.05) is 72.6 Å². The first-order valence-electron chi connectivity index (χ1n) is 12.2. The van der Waals surface area contributed by atoms with Gasteiger partial charge in [-0.3, -0.25) is 4.79 Å². The van der Waals surface area contributed by atoms with Gasteiger partial charge in [0.1, 0.15) is 10.7 Å². The normalized spacial score (nSPS) is 18.1. The van der Waals surface area contributed by atoms with Crippen LogP contribution < -0.4 is 0 Å². The molecule has 2 nitrogen and oxygen atoms in total.